The van der Waals surface area contributed by atoms with Crippen LogP contribution in [0, 0.1) is 0 Å². The van der Waals surface area contributed by atoms with Gasteiger partial charge in [0.15, 0.2) is 0 Å². The number of fused-ring (bicyclic) bond motifs is 5. The first-order valence-corrected chi connectivity index (χ1v) is 18.3. The molecule has 0 aliphatic carbocycles. The first-order chi connectivity index (χ1) is 26.3. The Kier molecular flexibility index (Phi) is 7.55. The van der Waals surface area contributed by atoms with Crippen molar-refractivity contribution >= 4 is 60.2 Å². The minimum atomic E-state index is 1.10. The van der Waals surface area contributed by atoms with Crippen LogP contribution in [0.5, 0.6) is 0 Å². The van der Waals surface area contributed by atoms with E-state index in [0.717, 1.165) is 17.1 Å². The average molecular weight is 674 g/mol. The van der Waals surface area contributed by atoms with Crippen molar-refractivity contribution in [3.63, 3.8) is 0 Å². The lowest BCUT2D eigenvalue weighted by Crippen LogP contribution is -2.13. The summed E-state index contributed by atoms with van der Waals surface area (Å²) in [6.07, 6.45) is 0. The predicted molar refractivity (Wildman–Crippen MR) is 227 cm³/mol. The molecule has 53 heavy (non-hydrogen) atoms. The molecule has 0 bridgehead atoms. The molecule has 0 aliphatic rings. The van der Waals surface area contributed by atoms with E-state index in [0.29, 0.717) is 0 Å². The highest BCUT2D eigenvalue weighted by atomic mass is 15.1. The molecule has 0 unspecified atom stereocenters. The number of nitrogens with zero attached hydrogens (tertiary/aromatic N) is 1. The molecule has 0 aliphatic heterocycles. The Morgan fingerprint density at radius 1 is 0.283 bits per heavy atom. The maximum absolute atomic E-state index is 2.51. The summed E-state index contributed by atoms with van der Waals surface area (Å²) >= 11 is 0. The molecule has 0 N–H and O–H groups in total. The first-order valence-electron chi connectivity index (χ1n) is 18.3. The summed E-state index contributed by atoms with van der Waals surface area (Å²) in [6, 6.07) is 77.4. The lowest BCUT2D eigenvalue weighted by molar-refractivity contribution is 1.30. The molecule has 10 aromatic carbocycles. The Bertz CT molecular complexity index is 2940. The van der Waals surface area contributed by atoms with Gasteiger partial charge in [0.25, 0.3) is 0 Å². The zero-order valence-electron chi connectivity index (χ0n) is 29.2. The van der Waals surface area contributed by atoms with E-state index in [1.807, 2.05) is 0 Å². The monoisotopic (exact) mass is 673 g/mol. The Morgan fingerprint density at radius 2 is 0.774 bits per heavy atom. The summed E-state index contributed by atoms with van der Waals surface area (Å²) in [4.78, 5) is 2.51. The third-order valence-corrected chi connectivity index (χ3v) is 10.6. The maximum Gasteiger partial charge on any atom is 0.0625 e. The zero-order valence-corrected chi connectivity index (χ0v) is 29.2. The summed E-state index contributed by atoms with van der Waals surface area (Å²) < 4.78 is 0. The first kappa shape index (κ1) is 30.8. The van der Waals surface area contributed by atoms with Crippen molar-refractivity contribution in [1.29, 1.82) is 0 Å². The number of benzene rings is 10. The fraction of sp³-hybridized carbons (Fsp3) is 0. The smallest absolute Gasteiger partial charge is 0.0625 e. The zero-order chi connectivity index (χ0) is 35.1. The van der Waals surface area contributed by atoms with Gasteiger partial charge in [0.05, 0.1) is 11.4 Å². The minimum Gasteiger partial charge on any atom is -0.309 e. The van der Waals surface area contributed by atoms with Crippen LogP contribution in [0.25, 0.3) is 76.5 Å². The minimum absolute atomic E-state index is 1.10. The summed E-state index contributed by atoms with van der Waals surface area (Å²) in [7, 11) is 0. The molecule has 0 saturated carbocycles. The van der Waals surface area contributed by atoms with Gasteiger partial charge in [-0.05, 0) is 90.3 Å². The van der Waals surface area contributed by atoms with Gasteiger partial charge in [-0.3, -0.25) is 0 Å². The van der Waals surface area contributed by atoms with Gasteiger partial charge in [0.1, 0.15) is 0 Å². The van der Waals surface area contributed by atoms with E-state index in [1.54, 1.807) is 0 Å². The van der Waals surface area contributed by atoms with E-state index in [-0.39, 0.29) is 0 Å². The molecule has 0 spiro atoms. The number of para-hydroxylation sites is 1. The highest BCUT2D eigenvalue weighted by molar-refractivity contribution is 6.23. The van der Waals surface area contributed by atoms with Gasteiger partial charge in [-0.15, -0.1) is 0 Å². The quantitative estimate of drug-likeness (QED) is 0.159. The van der Waals surface area contributed by atoms with Crippen LogP contribution in [0.2, 0.25) is 0 Å². The standard InChI is InChI=1S/C52H35N/c1-2-16-39(17-3-1)45-20-12-13-25-50(45)53(44-32-30-38(31-33-44)42-28-26-36-14-4-6-18-40(36)34-42)52-49-24-11-9-22-47(49)46-21-8-10-23-48(46)51(52)43-29-27-37-15-5-7-19-41(37)35-43/h1-35H. The second-order valence-electron chi connectivity index (χ2n) is 13.7. The number of anilines is 3. The summed E-state index contributed by atoms with van der Waals surface area (Å²) in [5.41, 5.74) is 10.5. The van der Waals surface area contributed by atoms with Crippen LogP contribution >= 0.6 is 0 Å². The van der Waals surface area contributed by atoms with Gasteiger partial charge >= 0.3 is 0 Å². The Hall–Kier alpha value is -6.96. The van der Waals surface area contributed by atoms with E-state index in [1.165, 1.54) is 76.5 Å². The van der Waals surface area contributed by atoms with Crippen LogP contribution in [0.4, 0.5) is 17.1 Å². The van der Waals surface area contributed by atoms with Crippen LogP contribution < -0.4 is 4.90 Å². The Balaban J connectivity index is 1.29. The number of hydrogen-bond acceptors (Lipinski definition) is 1. The van der Waals surface area contributed by atoms with Gasteiger partial charge in [0, 0.05) is 22.2 Å². The molecule has 0 saturated heterocycles. The Labute approximate surface area is 309 Å². The van der Waals surface area contributed by atoms with Gasteiger partial charge in [-0.25, -0.2) is 0 Å². The molecular weight excluding hydrogens is 639 g/mol. The van der Waals surface area contributed by atoms with Crippen LogP contribution in [0.15, 0.2) is 212 Å². The molecule has 248 valence electrons. The predicted octanol–water partition coefficient (Wildman–Crippen LogP) is 14.8. The molecular formula is C52H35N. The van der Waals surface area contributed by atoms with Crippen LogP contribution in [0.1, 0.15) is 0 Å². The van der Waals surface area contributed by atoms with Crippen molar-refractivity contribution in [3.05, 3.63) is 212 Å². The molecule has 0 radical (unpaired) electrons. The van der Waals surface area contributed by atoms with E-state index in [2.05, 4.69) is 217 Å². The highest BCUT2D eigenvalue weighted by Crippen LogP contribution is 2.51. The molecule has 0 fully saturated rings. The molecule has 1 heteroatoms. The molecule has 10 aromatic rings. The molecule has 0 aromatic heterocycles. The third-order valence-electron chi connectivity index (χ3n) is 10.6. The van der Waals surface area contributed by atoms with E-state index in [9.17, 15) is 0 Å². The topological polar surface area (TPSA) is 3.24 Å². The van der Waals surface area contributed by atoms with E-state index < -0.39 is 0 Å². The largest absolute Gasteiger partial charge is 0.309 e. The molecule has 10 rings (SSSR count). The van der Waals surface area contributed by atoms with Crippen molar-refractivity contribution < 1.29 is 0 Å². The Morgan fingerprint density at radius 3 is 1.47 bits per heavy atom. The van der Waals surface area contributed by atoms with Gasteiger partial charge in [0.2, 0.25) is 0 Å². The summed E-state index contributed by atoms with van der Waals surface area (Å²) in [5.74, 6) is 0. The van der Waals surface area contributed by atoms with E-state index in [4.69, 9.17) is 0 Å². The fourth-order valence-corrected chi connectivity index (χ4v) is 8.08. The highest BCUT2D eigenvalue weighted by Gasteiger charge is 2.25. The second kappa shape index (κ2) is 13.0. The lowest BCUT2D eigenvalue weighted by atomic mass is 9.88. The molecule has 1 nitrogen and oxygen atoms in total. The lowest BCUT2D eigenvalue weighted by Gasteiger charge is -2.32. The van der Waals surface area contributed by atoms with Crippen LogP contribution in [-0.2, 0) is 0 Å². The number of hydrogen-bond donors (Lipinski definition) is 0. The second-order valence-corrected chi connectivity index (χ2v) is 13.7. The molecule has 0 amide bonds. The summed E-state index contributed by atoms with van der Waals surface area (Å²) in [5, 5.41) is 9.87. The normalized spacial score (nSPS) is 11.4. The van der Waals surface area contributed by atoms with Crippen molar-refractivity contribution in [3.8, 4) is 33.4 Å². The number of rotatable bonds is 6. The van der Waals surface area contributed by atoms with Crippen LogP contribution in [0.3, 0.4) is 0 Å². The van der Waals surface area contributed by atoms with Gasteiger partial charge in [-0.1, -0.05) is 182 Å². The maximum atomic E-state index is 2.51. The summed E-state index contributed by atoms with van der Waals surface area (Å²) in [6.45, 7) is 0. The SMILES string of the molecule is c1ccc(-c2ccccc2N(c2ccc(-c3ccc4ccccc4c3)cc2)c2c(-c3ccc4ccccc4c3)c3ccccc3c3ccccc23)cc1. The van der Waals surface area contributed by atoms with Crippen molar-refractivity contribution in [2.75, 3.05) is 4.90 Å². The molecule has 0 heterocycles. The van der Waals surface area contributed by atoms with E-state index >= 15 is 0 Å². The van der Waals surface area contributed by atoms with Gasteiger partial charge < -0.3 is 4.90 Å². The molecule has 0 atom stereocenters. The van der Waals surface area contributed by atoms with Crippen molar-refractivity contribution in [1.82, 2.24) is 0 Å². The van der Waals surface area contributed by atoms with Crippen molar-refractivity contribution in [2.45, 2.75) is 0 Å². The fourth-order valence-electron chi connectivity index (χ4n) is 8.08. The average Bonchev–Trinajstić information content (AvgIpc) is 3.24. The van der Waals surface area contributed by atoms with Gasteiger partial charge in [-0.2, -0.15) is 0 Å². The van der Waals surface area contributed by atoms with Crippen molar-refractivity contribution in [2.24, 2.45) is 0 Å². The third kappa shape index (κ3) is 5.42. The van der Waals surface area contributed by atoms with Crippen LogP contribution in [-0.4, -0.2) is 0 Å².